The zero-order valence-electron chi connectivity index (χ0n) is 11.7. The summed E-state index contributed by atoms with van der Waals surface area (Å²) in [7, 11) is 1.74. The molecule has 1 aliphatic carbocycles. The molecule has 1 nitrogen and oxygen atoms in total. The molecule has 0 radical (unpaired) electrons. The zero-order chi connectivity index (χ0) is 13.8. The molecule has 0 bridgehead atoms. The van der Waals surface area contributed by atoms with Crippen LogP contribution in [0.5, 0.6) is 5.75 Å². The quantitative estimate of drug-likeness (QED) is 0.661. The smallest absolute Gasteiger partial charge is 0.122 e. The van der Waals surface area contributed by atoms with Gasteiger partial charge in [-0.2, -0.15) is 0 Å². The Morgan fingerprint density at radius 1 is 1.37 bits per heavy atom. The van der Waals surface area contributed by atoms with Gasteiger partial charge in [0.25, 0.3) is 0 Å². The van der Waals surface area contributed by atoms with Crippen molar-refractivity contribution in [3.63, 3.8) is 0 Å². The van der Waals surface area contributed by atoms with Crippen LogP contribution in [0.3, 0.4) is 0 Å². The zero-order valence-corrected chi connectivity index (χ0v) is 14.0. The number of alkyl halides is 1. The third-order valence-corrected chi connectivity index (χ3v) is 5.37. The minimum atomic E-state index is 0.312. The van der Waals surface area contributed by atoms with Gasteiger partial charge in [0, 0.05) is 9.85 Å². The first-order valence-corrected chi connectivity index (χ1v) is 8.33. The Balaban J connectivity index is 2.12. The van der Waals surface area contributed by atoms with Gasteiger partial charge in [-0.15, -0.1) is 11.6 Å². The Labute approximate surface area is 129 Å². The second-order valence-electron chi connectivity index (χ2n) is 5.52. The van der Waals surface area contributed by atoms with Crippen molar-refractivity contribution in [1.29, 1.82) is 0 Å². The summed E-state index contributed by atoms with van der Waals surface area (Å²) in [6, 6.07) is 6.22. The molecule has 1 aromatic carbocycles. The van der Waals surface area contributed by atoms with Crippen LogP contribution in [0.4, 0.5) is 0 Å². The van der Waals surface area contributed by atoms with Gasteiger partial charge in [0.05, 0.1) is 7.11 Å². The lowest BCUT2D eigenvalue weighted by atomic mass is 9.77. The molecule has 3 unspecified atom stereocenters. The molecule has 0 heterocycles. The molecule has 0 N–H and O–H groups in total. The van der Waals surface area contributed by atoms with Gasteiger partial charge in [0.15, 0.2) is 0 Å². The molecular weight excluding hydrogens is 324 g/mol. The van der Waals surface area contributed by atoms with E-state index in [0.717, 1.165) is 29.0 Å². The minimum absolute atomic E-state index is 0.312. The number of benzene rings is 1. The minimum Gasteiger partial charge on any atom is -0.496 e. The molecule has 0 aliphatic heterocycles. The highest BCUT2D eigenvalue weighted by molar-refractivity contribution is 9.10. The number of rotatable bonds is 4. The van der Waals surface area contributed by atoms with Crippen LogP contribution in [0.2, 0.25) is 0 Å². The summed E-state index contributed by atoms with van der Waals surface area (Å²) in [5.41, 5.74) is 1.27. The molecule has 1 aromatic rings. The van der Waals surface area contributed by atoms with E-state index in [4.69, 9.17) is 16.3 Å². The van der Waals surface area contributed by atoms with Crippen LogP contribution in [0.1, 0.15) is 38.2 Å². The van der Waals surface area contributed by atoms with Crippen molar-refractivity contribution in [2.24, 2.45) is 11.8 Å². The van der Waals surface area contributed by atoms with Gasteiger partial charge < -0.3 is 4.74 Å². The molecule has 2 rings (SSSR count). The summed E-state index contributed by atoms with van der Waals surface area (Å²) >= 11 is 10.1. The van der Waals surface area contributed by atoms with Crippen molar-refractivity contribution in [3.8, 4) is 5.75 Å². The molecule has 3 atom stereocenters. The molecule has 0 spiro atoms. The predicted octanol–water partition coefficient (Wildman–Crippen LogP) is 5.43. The first-order chi connectivity index (χ1) is 9.13. The Kier molecular flexibility index (Phi) is 5.58. The molecule has 3 heteroatoms. The average molecular weight is 346 g/mol. The molecule has 106 valence electrons. The number of hydrogen-bond donors (Lipinski definition) is 0. The summed E-state index contributed by atoms with van der Waals surface area (Å²) in [6.07, 6.45) is 5.99. The summed E-state index contributed by atoms with van der Waals surface area (Å²) in [5.74, 6) is 2.40. The Morgan fingerprint density at radius 3 is 2.84 bits per heavy atom. The highest BCUT2D eigenvalue weighted by atomic mass is 79.9. The van der Waals surface area contributed by atoms with E-state index in [0.29, 0.717) is 11.3 Å². The van der Waals surface area contributed by atoms with E-state index < -0.39 is 0 Å². The predicted molar refractivity (Wildman–Crippen MR) is 85.2 cm³/mol. The Bertz CT molecular complexity index is 421. The lowest BCUT2D eigenvalue weighted by molar-refractivity contribution is 0.263. The van der Waals surface area contributed by atoms with E-state index >= 15 is 0 Å². The van der Waals surface area contributed by atoms with Crippen LogP contribution in [0.15, 0.2) is 22.7 Å². The van der Waals surface area contributed by atoms with Crippen molar-refractivity contribution < 1.29 is 4.74 Å². The second-order valence-corrected chi connectivity index (χ2v) is 7.00. The van der Waals surface area contributed by atoms with Crippen molar-refractivity contribution >= 4 is 27.5 Å². The third kappa shape index (κ3) is 3.88. The molecule has 0 aromatic heterocycles. The summed E-state index contributed by atoms with van der Waals surface area (Å²) in [4.78, 5) is 0. The molecule has 1 saturated carbocycles. The topological polar surface area (TPSA) is 9.23 Å². The third-order valence-electron chi connectivity index (χ3n) is 4.30. The summed E-state index contributed by atoms with van der Waals surface area (Å²) < 4.78 is 6.57. The monoisotopic (exact) mass is 344 g/mol. The van der Waals surface area contributed by atoms with E-state index in [1.54, 1.807) is 7.11 Å². The van der Waals surface area contributed by atoms with Gasteiger partial charge >= 0.3 is 0 Å². The molecule has 1 aliphatic rings. The van der Waals surface area contributed by atoms with E-state index in [-0.39, 0.29) is 0 Å². The first-order valence-electron chi connectivity index (χ1n) is 7.10. The number of methoxy groups -OCH3 is 1. The first kappa shape index (κ1) is 15.2. The SMILES string of the molecule is CCC1CCC(Cl)C(Cc2cc(Br)ccc2OC)C1. The van der Waals surface area contributed by atoms with Crippen molar-refractivity contribution in [1.82, 2.24) is 0 Å². The average Bonchev–Trinajstić information content (AvgIpc) is 2.41. The standard InChI is InChI=1S/C16H22BrClO/c1-3-11-4-6-15(18)12(8-11)9-13-10-14(17)5-7-16(13)19-2/h5,7,10-12,15H,3-4,6,8-9H2,1-2H3. The molecule has 0 amide bonds. The van der Waals surface area contributed by atoms with Crippen molar-refractivity contribution in [3.05, 3.63) is 28.2 Å². The maximum atomic E-state index is 6.54. The van der Waals surface area contributed by atoms with Gasteiger partial charge in [-0.05, 0) is 61.3 Å². The number of hydrogen-bond acceptors (Lipinski definition) is 1. The number of halogens is 2. The van der Waals surface area contributed by atoms with E-state index in [1.165, 1.54) is 24.8 Å². The lowest BCUT2D eigenvalue weighted by Gasteiger charge is -2.33. The summed E-state index contributed by atoms with van der Waals surface area (Å²) in [5, 5.41) is 0.312. The van der Waals surface area contributed by atoms with Gasteiger partial charge in [-0.25, -0.2) is 0 Å². The lowest BCUT2D eigenvalue weighted by Crippen LogP contribution is -2.27. The maximum absolute atomic E-state index is 6.54. The largest absolute Gasteiger partial charge is 0.496 e. The van der Waals surface area contributed by atoms with Crippen molar-refractivity contribution in [2.45, 2.75) is 44.4 Å². The fourth-order valence-corrected chi connectivity index (χ4v) is 3.82. The van der Waals surface area contributed by atoms with E-state index in [1.807, 2.05) is 12.1 Å². The van der Waals surface area contributed by atoms with Gasteiger partial charge in [-0.1, -0.05) is 29.3 Å². The highest BCUT2D eigenvalue weighted by Crippen LogP contribution is 2.38. The van der Waals surface area contributed by atoms with Gasteiger partial charge in [0.1, 0.15) is 5.75 Å². The molecule has 1 fully saturated rings. The van der Waals surface area contributed by atoms with Crippen LogP contribution < -0.4 is 4.74 Å². The van der Waals surface area contributed by atoms with Crippen LogP contribution in [0, 0.1) is 11.8 Å². The highest BCUT2D eigenvalue weighted by Gasteiger charge is 2.29. The van der Waals surface area contributed by atoms with Crippen LogP contribution >= 0.6 is 27.5 Å². The van der Waals surface area contributed by atoms with Crippen LogP contribution in [0.25, 0.3) is 0 Å². The van der Waals surface area contributed by atoms with E-state index in [2.05, 4.69) is 28.9 Å². The van der Waals surface area contributed by atoms with Gasteiger partial charge in [0.2, 0.25) is 0 Å². The fraction of sp³-hybridized carbons (Fsp3) is 0.625. The molecule has 19 heavy (non-hydrogen) atoms. The Morgan fingerprint density at radius 2 is 2.16 bits per heavy atom. The van der Waals surface area contributed by atoms with Gasteiger partial charge in [-0.3, -0.25) is 0 Å². The van der Waals surface area contributed by atoms with E-state index in [9.17, 15) is 0 Å². The molecular formula is C16H22BrClO. The maximum Gasteiger partial charge on any atom is 0.122 e. The molecule has 0 saturated heterocycles. The number of ether oxygens (including phenoxy) is 1. The fourth-order valence-electron chi connectivity index (χ4n) is 3.10. The Hall–Kier alpha value is -0.210. The normalized spacial score (nSPS) is 27.3. The van der Waals surface area contributed by atoms with Crippen LogP contribution in [-0.4, -0.2) is 12.5 Å². The summed E-state index contributed by atoms with van der Waals surface area (Å²) in [6.45, 7) is 2.29. The second kappa shape index (κ2) is 6.99. The van der Waals surface area contributed by atoms with Crippen molar-refractivity contribution in [2.75, 3.05) is 7.11 Å². The van der Waals surface area contributed by atoms with Crippen LogP contribution in [-0.2, 0) is 6.42 Å².